The molecule has 78 valence electrons. The van der Waals surface area contributed by atoms with Crippen LogP contribution < -0.4 is 5.32 Å². The lowest BCUT2D eigenvalue weighted by Crippen LogP contribution is -2.13. The number of hydrogen-bond donors (Lipinski definition) is 2. The highest BCUT2D eigenvalue weighted by Crippen LogP contribution is 1.96. The van der Waals surface area contributed by atoms with E-state index in [4.69, 9.17) is 5.41 Å². The third kappa shape index (κ3) is 4.17. The first-order chi connectivity index (χ1) is 7.20. The van der Waals surface area contributed by atoms with Gasteiger partial charge in [-0.25, -0.2) is 4.99 Å². The van der Waals surface area contributed by atoms with E-state index in [0.717, 1.165) is 5.56 Å². The lowest BCUT2D eigenvalue weighted by atomic mass is 10.2. The van der Waals surface area contributed by atoms with E-state index in [2.05, 4.69) is 10.3 Å². The largest absolute Gasteiger partial charge is 0.372 e. The second-order valence-corrected chi connectivity index (χ2v) is 3.03. The maximum absolute atomic E-state index is 10.6. The Labute approximate surface area is 88.5 Å². The zero-order valence-electron chi connectivity index (χ0n) is 8.53. The van der Waals surface area contributed by atoms with Gasteiger partial charge in [0.2, 0.25) is 0 Å². The molecule has 0 radical (unpaired) electrons. The van der Waals surface area contributed by atoms with Crippen LogP contribution in [0.2, 0.25) is 0 Å². The number of Topliss-reactive ketones (excluding diaryl/α,β-unsaturated/α-hetero) is 1. The summed E-state index contributed by atoms with van der Waals surface area (Å²) in [5.41, 5.74) is 1.12. The van der Waals surface area contributed by atoms with Crippen molar-refractivity contribution >= 4 is 18.0 Å². The minimum atomic E-state index is -0.340. The van der Waals surface area contributed by atoms with Crippen LogP contribution in [-0.2, 0) is 11.3 Å². The van der Waals surface area contributed by atoms with Crippen molar-refractivity contribution in [1.82, 2.24) is 5.32 Å². The summed E-state index contributed by atoms with van der Waals surface area (Å²) in [7, 11) is 0. The van der Waals surface area contributed by atoms with Gasteiger partial charge in [0.1, 0.15) is 0 Å². The van der Waals surface area contributed by atoms with Crippen molar-refractivity contribution in [3.8, 4) is 0 Å². The molecule has 1 rings (SSSR count). The van der Waals surface area contributed by atoms with Crippen molar-refractivity contribution < 1.29 is 4.79 Å². The Kier molecular flexibility index (Phi) is 4.22. The average molecular weight is 203 g/mol. The third-order valence-corrected chi connectivity index (χ3v) is 1.77. The number of rotatable bonds is 4. The van der Waals surface area contributed by atoms with Gasteiger partial charge >= 0.3 is 0 Å². The number of benzene rings is 1. The minimum Gasteiger partial charge on any atom is -0.372 e. The summed E-state index contributed by atoms with van der Waals surface area (Å²) in [5.74, 6) is -0.580. The Bertz CT molecular complexity index is 371. The minimum absolute atomic E-state index is 0.240. The first-order valence-electron chi connectivity index (χ1n) is 4.59. The number of hydrogen-bond acceptors (Lipinski definition) is 2. The molecule has 0 atom stereocenters. The highest BCUT2D eigenvalue weighted by molar-refractivity contribution is 6.37. The fourth-order valence-electron chi connectivity index (χ4n) is 0.960. The molecular weight excluding hydrogens is 190 g/mol. The maximum atomic E-state index is 10.6. The van der Waals surface area contributed by atoms with Gasteiger partial charge in [0.15, 0.2) is 11.6 Å². The van der Waals surface area contributed by atoms with Crippen molar-refractivity contribution in [1.29, 1.82) is 5.41 Å². The number of carbonyl (C=O) groups excluding carboxylic acids is 1. The molecule has 1 aromatic carbocycles. The highest BCUT2D eigenvalue weighted by Gasteiger charge is 1.97. The summed E-state index contributed by atoms with van der Waals surface area (Å²) in [6, 6.07) is 9.81. The molecule has 15 heavy (non-hydrogen) atoms. The molecule has 0 aliphatic carbocycles. The molecule has 0 aromatic heterocycles. The van der Waals surface area contributed by atoms with E-state index in [1.165, 1.54) is 13.3 Å². The van der Waals surface area contributed by atoms with Gasteiger partial charge in [-0.2, -0.15) is 0 Å². The molecule has 0 bridgehead atoms. The van der Waals surface area contributed by atoms with E-state index < -0.39 is 0 Å². The standard InChI is InChI=1S/C11H13N3O/c1-9(15)11(12)14-8-13-7-10-5-3-2-4-6-10/h2-6,8H,7H2,1H3,(H2,12,13,14). The van der Waals surface area contributed by atoms with Crippen molar-refractivity contribution in [3.05, 3.63) is 35.9 Å². The molecule has 0 saturated carbocycles. The van der Waals surface area contributed by atoms with Crippen molar-refractivity contribution in [2.24, 2.45) is 4.99 Å². The monoisotopic (exact) mass is 203 g/mol. The molecule has 0 aliphatic rings. The Morgan fingerprint density at radius 1 is 1.47 bits per heavy atom. The number of nitrogens with zero attached hydrogens (tertiary/aromatic N) is 1. The van der Waals surface area contributed by atoms with E-state index in [1.54, 1.807) is 0 Å². The number of carbonyl (C=O) groups is 1. The van der Waals surface area contributed by atoms with Gasteiger partial charge in [0.25, 0.3) is 0 Å². The zero-order chi connectivity index (χ0) is 11.1. The molecule has 0 aliphatic heterocycles. The SMILES string of the molecule is CC(=O)C(=N)/N=C\NCc1ccccc1. The van der Waals surface area contributed by atoms with Crippen LogP contribution in [0.1, 0.15) is 12.5 Å². The van der Waals surface area contributed by atoms with Crippen LogP contribution >= 0.6 is 0 Å². The number of ketones is 1. The van der Waals surface area contributed by atoms with Gasteiger partial charge in [-0.3, -0.25) is 10.2 Å². The van der Waals surface area contributed by atoms with Gasteiger partial charge < -0.3 is 5.32 Å². The van der Waals surface area contributed by atoms with Gasteiger partial charge in [-0.15, -0.1) is 0 Å². The van der Waals surface area contributed by atoms with Crippen LogP contribution in [-0.4, -0.2) is 18.0 Å². The summed E-state index contributed by atoms with van der Waals surface area (Å²) in [6.45, 7) is 1.95. The Balaban J connectivity index is 2.34. The van der Waals surface area contributed by atoms with E-state index in [1.807, 2.05) is 30.3 Å². The van der Waals surface area contributed by atoms with E-state index in [9.17, 15) is 4.79 Å². The summed E-state index contributed by atoms with van der Waals surface area (Å²) < 4.78 is 0. The second kappa shape index (κ2) is 5.70. The van der Waals surface area contributed by atoms with Crippen molar-refractivity contribution in [3.63, 3.8) is 0 Å². The zero-order valence-corrected chi connectivity index (χ0v) is 8.53. The first kappa shape index (κ1) is 11.1. The van der Waals surface area contributed by atoms with Crippen LogP contribution in [0.15, 0.2) is 35.3 Å². The Morgan fingerprint density at radius 3 is 2.73 bits per heavy atom. The second-order valence-electron chi connectivity index (χ2n) is 3.03. The quantitative estimate of drug-likeness (QED) is 0.573. The number of nitrogens with one attached hydrogen (secondary N) is 2. The molecule has 0 fully saturated rings. The lowest BCUT2D eigenvalue weighted by molar-refractivity contribution is -0.111. The summed E-state index contributed by atoms with van der Waals surface area (Å²) in [5, 5.41) is 10.0. The molecule has 1 aromatic rings. The fraction of sp³-hybridized carbons (Fsp3) is 0.182. The summed E-state index contributed by atoms with van der Waals surface area (Å²) in [6.07, 6.45) is 1.37. The first-order valence-corrected chi connectivity index (χ1v) is 4.59. The van der Waals surface area contributed by atoms with Crippen LogP contribution in [0.3, 0.4) is 0 Å². The smallest absolute Gasteiger partial charge is 0.196 e. The van der Waals surface area contributed by atoms with Gasteiger partial charge in [-0.1, -0.05) is 30.3 Å². The molecule has 2 N–H and O–H groups in total. The van der Waals surface area contributed by atoms with Gasteiger partial charge in [0, 0.05) is 13.5 Å². The molecule has 0 unspecified atom stereocenters. The third-order valence-electron chi connectivity index (χ3n) is 1.77. The Hall–Kier alpha value is -1.97. The van der Waals surface area contributed by atoms with Crippen LogP contribution in [0.25, 0.3) is 0 Å². The average Bonchev–Trinajstić information content (AvgIpc) is 2.25. The van der Waals surface area contributed by atoms with Crippen molar-refractivity contribution in [2.75, 3.05) is 0 Å². The van der Waals surface area contributed by atoms with E-state index in [0.29, 0.717) is 6.54 Å². The summed E-state index contributed by atoms with van der Waals surface area (Å²) in [4.78, 5) is 14.3. The number of amidine groups is 1. The van der Waals surface area contributed by atoms with Crippen molar-refractivity contribution in [2.45, 2.75) is 13.5 Å². The van der Waals surface area contributed by atoms with Crippen LogP contribution in [0.5, 0.6) is 0 Å². The predicted octanol–water partition coefficient (Wildman–Crippen LogP) is 1.37. The molecular formula is C11H13N3O. The summed E-state index contributed by atoms with van der Waals surface area (Å²) >= 11 is 0. The van der Waals surface area contributed by atoms with Gasteiger partial charge in [0.05, 0.1) is 6.34 Å². The van der Waals surface area contributed by atoms with Crippen LogP contribution in [0.4, 0.5) is 0 Å². The highest BCUT2D eigenvalue weighted by atomic mass is 16.1. The van der Waals surface area contributed by atoms with E-state index >= 15 is 0 Å². The molecule has 0 heterocycles. The van der Waals surface area contributed by atoms with E-state index in [-0.39, 0.29) is 11.6 Å². The maximum Gasteiger partial charge on any atom is 0.196 e. The lowest BCUT2D eigenvalue weighted by Gasteiger charge is -1.99. The fourth-order valence-corrected chi connectivity index (χ4v) is 0.960. The molecule has 4 heteroatoms. The van der Waals surface area contributed by atoms with Gasteiger partial charge in [-0.05, 0) is 5.56 Å². The molecule has 0 amide bonds. The molecule has 0 saturated heterocycles. The topological polar surface area (TPSA) is 65.3 Å². The predicted molar refractivity (Wildman–Crippen MR) is 60.2 cm³/mol. The van der Waals surface area contributed by atoms with Crippen LogP contribution in [0, 0.1) is 5.41 Å². The normalized spacial score (nSPS) is 10.2. The molecule has 4 nitrogen and oxygen atoms in total. The Morgan fingerprint density at radius 2 is 2.13 bits per heavy atom. The molecule has 0 spiro atoms. The number of aliphatic imine (C=N–C) groups is 1.